The number of rotatable bonds is 0. The van der Waals surface area contributed by atoms with E-state index in [4.69, 9.17) is 0 Å². The monoisotopic (exact) mass is 142 g/mol. The van der Waals surface area contributed by atoms with Crippen molar-refractivity contribution in [2.75, 3.05) is 19.6 Å². The Bertz CT molecular complexity index is 89.4. The highest BCUT2D eigenvalue weighted by atomic mass is 15.0. The minimum Gasteiger partial charge on any atom is -0.386 e. The summed E-state index contributed by atoms with van der Waals surface area (Å²) in [5.41, 5.74) is 1.32. The third-order valence-electron chi connectivity index (χ3n) is 1.32. The number of nitrogens with one attached hydrogen (secondary N) is 2. The van der Waals surface area contributed by atoms with Gasteiger partial charge in [0.1, 0.15) is 0 Å². The first-order valence-corrected chi connectivity index (χ1v) is 4.03. The molecule has 0 spiro atoms. The van der Waals surface area contributed by atoms with Gasteiger partial charge < -0.3 is 10.6 Å². The average Bonchev–Trinajstić information content (AvgIpc) is 2.10. The molecule has 2 nitrogen and oxygen atoms in total. The van der Waals surface area contributed by atoms with Crippen LogP contribution in [-0.2, 0) is 0 Å². The van der Waals surface area contributed by atoms with Crippen molar-refractivity contribution in [1.29, 1.82) is 0 Å². The Morgan fingerprint density at radius 3 is 2.30 bits per heavy atom. The fraction of sp³-hybridized carbons (Fsp3) is 0.750. The normalized spacial score (nSPS) is 20.9. The Labute approximate surface area is 63.7 Å². The topological polar surface area (TPSA) is 24.1 Å². The second-order valence-electron chi connectivity index (χ2n) is 1.92. The molecule has 0 unspecified atom stereocenters. The first-order valence-electron chi connectivity index (χ1n) is 4.03. The van der Waals surface area contributed by atoms with Crippen molar-refractivity contribution in [2.24, 2.45) is 0 Å². The first-order chi connectivity index (χ1) is 4.93. The van der Waals surface area contributed by atoms with Crippen LogP contribution in [-0.4, -0.2) is 19.6 Å². The molecule has 0 aromatic carbocycles. The van der Waals surface area contributed by atoms with Gasteiger partial charge in [-0.1, -0.05) is 19.9 Å². The van der Waals surface area contributed by atoms with Crippen LogP contribution < -0.4 is 10.6 Å². The predicted octanol–water partition coefficient (Wildman–Crippen LogP) is 1.11. The summed E-state index contributed by atoms with van der Waals surface area (Å²) < 4.78 is 0. The highest BCUT2D eigenvalue weighted by molar-refractivity contribution is 5.02. The molecule has 2 N–H and O–H groups in total. The van der Waals surface area contributed by atoms with Crippen molar-refractivity contribution in [2.45, 2.75) is 20.8 Å². The van der Waals surface area contributed by atoms with Crippen molar-refractivity contribution >= 4 is 0 Å². The van der Waals surface area contributed by atoms with Crippen molar-refractivity contribution in [3.05, 3.63) is 11.8 Å². The van der Waals surface area contributed by atoms with Gasteiger partial charge in [0.2, 0.25) is 0 Å². The third-order valence-corrected chi connectivity index (χ3v) is 1.32. The zero-order valence-electron chi connectivity index (χ0n) is 7.20. The van der Waals surface area contributed by atoms with Crippen LogP contribution in [0.1, 0.15) is 20.8 Å². The molecule has 1 aliphatic rings. The maximum Gasteiger partial charge on any atom is 0.0351 e. The lowest BCUT2D eigenvalue weighted by atomic mass is 10.3. The van der Waals surface area contributed by atoms with E-state index in [0.717, 1.165) is 19.6 Å². The summed E-state index contributed by atoms with van der Waals surface area (Å²) in [6, 6.07) is 0. The largest absolute Gasteiger partial charge is 0.386 e. The van der Waals surface area contributed by atoms with E-state index < -0.39 is 0 Å². The molecule has 0 bridgehead atoms. The Balaban J connectivity index is 0.000000371. The SMILES string of the molecule is C/C=C1/CNCCN1.CC. The van der Waals surface area contributed by atoms with Crippen LogP contribution in [0, 0.1) is 0 Å². The van der Waals surface area contributed by atoms with Gasteiger partial charge in [-0.05, 0) is 6.92 Å². The number of hydrogen-bond acceptors (Lipinski definition) is 2. The smallest absolute Gasteiger partial charge is 0.0351 e. The highest BCUT2D eigenvalue weighted by Gasteiger charge is 1.98. The molecule has 10 heavy (non-hydrogen) atoms. The maximum atomic E-state index is 3.27. The molecule has 60 valence electrons. The molecule has 0 aromatic rings. The van der Waals surface area contributed by atoms with Crippen LogP contribution in [0.3, 0.4) is 0 Å². The molecular formula is C8H18N2. The molecule has 0 radical (unpaired) electrons. The van der Waals surface area contributed by atoms with Crippen LogP contribution in [0.5, 0.6) is 0 Å². The summed E-state index contributed by atoms with van der Waals surface area (Å²) in [4.78, 5) is 0. The van der Waals surface area contributed by atoms with E-state index in [2.05, 4.69) is 23.6 Å². The van der Waals surface area contributed by atoms with Crippen molar-refractivity contribution in [3.63, 3.8) is 0 Å². The predicted molar refractivity (Wildman–Crippen MR) is 46.0 cm³/mol. The van der Waals surface area contributed by atoms with Gasteiger partial charge in [-0.2, -0.15) is 0 Å². The molecule has 1 rings (SSSR count). The molecule has 0 saturated carbocycles. The lowest BCUT2D eigenvalue weighted by molar-refractivity contribution is 0.597. The fourth-order valence-corrected chi connectivity index (χ4v) is 0.801. The van der Waals surface area contributed by atoms with Gasteiger partial charge in [-0.25, -0.2) is 0 Å². The van der Waals surface area contributed by atoms with E-state index >= 15 is 0 Å². The van der Waals surface area contributed by atoms with Crippen LogP contribution in [0.2, 0.25) is 0 Å². The summed E-state index contributed by atoms with van der Waals surface area (Å²) in [6.45, 7) is 9.23. The minimum absolute atomic E-state index is 1.01. The molecule has 1 aliphatic heterocycles. The summed E-state index contributed by atoms with van der Waals surface area (Å²) in [7, 11) is 0. The standard InChI is InChI=1S/C6H12N2.C2H6/c1-2-6-5-7-3-4-8-6;1-2/h2,7-8H,3-5H2,1H3;1-2H3/b6-2-;. The number of allylic oxidation sites excluding steroid dienone is 1. The van der Waals surface area contributed by atoms with Crippen LogP contribution >= 0.6 is 0 Å². The van der Waals surface area contributed by atoms with Gasteiger partial charge in [0.25, 0.3) is 0 Å². The molecule has 2 heteroatoms. The summed E-state index contributed by atoms with van der Waals surface area (Å²) in [5, 5.41) is 6.52. The van der Waals surface area contributed by atoms with Crippen LogP contribution in [0.4, 0.5) is 0 Å². The Kier molecular flexibility index (Phi) is 6.29. The van der Waals surface area contributed by atoms with E-state index in [-0.39, 0.29) is 0 Å². The Hall–Kier alpha value is -0.500. The highest BCUT2D eigenvalue weighted by Crippen LogP contribution is 1.88. The van der Waals surface area contributed by atoms with Gasteiger partial charge in [-0.15, -0.1) is 0 Å². The Morgan fingerprint density at radius 2 is 2.00 bits per heavy atom. The van der Waals surface area contributed by atoms with Crippen LogP contribution in [0.25, 0.3) is 0 Å². The molecule has 1 heterocycles. The van der Waals surface area contributed by atoms with Gasteiger partial charge in [-0.3, -0.25) is 0 Å². The number of piperazine rings is 1. The lowest BCUT2D eigenvalue weighted by Gasteiger charge is -2.17. The van der Waals surface area contributed by atoms with Gasteiger partial charge in [0.15, 0.2) is 0 Å². The lowest BCUT2D eigenvalue weighted by Crippen LogP contribution is -2.37. The van der Waals surface area contributed by atoms with Gasteiger partial charge in [0, 0.05) is 25.3 Å². The van der Waals surface area contributed by atoms with Crippen molar-refractivity contribution in [3.8, 4) is 0 Å². The van der Waals surface area contributed by atoms with E-state index in [1.165, 1.54) is 5.70 Å². The van der Waals surface area contributed by atoms with Crippen molar-refractivity contribution < 1.29 is 0 Å². The average molecular weight is 142 g/mol. The third kappa shape index (κ3) is 3.51. The Morgan fingerprint density at radius 1 is 1.30 bits per heavy atom. The van der Waals surface area contributed by atoms with E-state index in [0.29, 0.717) is 0 Å². The summed E-state index contributed by atoms with van der Waals surface area (Å²) in [6.07, 6.45) is 2.10. The fourth-order valence-electron chi connectivity index (χ4n) is 0.801. The molecule has 1 saturated heterocycles. The van der Waals surface area contributed by atoms with Gasteiger partial charge in [0.05, 0.1) is 0 Å². The van der Waals surface area contributed by atoms with Crippen molar-refractivity contribution in [1.82, 2.24) is 10.6 Å². The maximum absolute atomic E-state index is 3.27. The quantitative estimate of drug-likeness (QED) is 0.529. The zero-order valence-corrected chi connectivity index (χ0v) is 7.20. The van der Waals surface area contributed by atoms with E-state index in [9.17, 15) is 0 Å². The van der Waals surface area contributed by atoms with Gasteiger partial charge >= 0.3 is 0 Å². The first kappa shape index (κ1) is 9.50. The second kappa shape index (κ2) is 6.62. The molecule has 0 aromatic heterocycles. The summed E-state index contributed by atoms with van der Waals surface area (Å²) >= 11 is 0. The number of hydrogen-bond donors (Lipinski definition) is 2. The molecule has 1 fully saturated rings. The summed E-state index contributed by atoms with van der Waals surface area (Å²) in [5.74, 6) is 0. The molecule has 0 atom stereocenters. The zero-order chi connectivity index (χ0) is 7.82. The molecule has 0 amide bonds. The second-order valence-corrected chi connectivity index (χ2v) is 1.92. The van der Waals surface area contributed by atoms with E-state index in [1.807, 2.05) is 13.8 Å². The molecule has 0 aliphatic carbocycles. The molecular weight excluding hydrogens is 124 g/mol. The van der Waals surface area contributed by atoms with Crippen LogP contribution in [0.15, 0.2) is 11.8 Å². The van der Waals surface area contributed by atoms with E-state index in [1.54, 1.807) is 0 Å². The minimum atomic E-state index is 1.01.